The third-order valence-corrected chi connectivity index (χ3v) is 5.60. The first-order valence-electron chi connectivity index (χ1n) is 8.31. The number of anilines is 1. The fourth-order valence-electron chi connectivity index (χ4n) is 3.41. The van der Waals surface area contributed by atoms with Gasteiger partial charge >= 0.3 is 0 Å². The fourth-order valence-corrected chi connectivity index (χ4v) is 4.52. The van der Waals surface area contributed by atoms with E-state index in [9.17, 15) is 8.42 Å². The number of nitrogens with two attached hydrogens (primary N) is 1. The molecule has 0 radical (unpaired) electrons. The molecule has 1 atom stereocenters. The number of aromatic nitrogens is 1. The quantitative estimate of drug-likeness (QED) is 0.847. The number of rotatable bonds is 4. The van der Waals surface area contributed by atoms with Crippen LogP contribution < -0.4 is 15.4 Å². The molecule has 1 saturated heterocycles. The third-order valence-electron chi connectivity index (χ3n) is 4.53. The highest BCUT2D eigenvalue weighted by molar-refractivity contribution is 7.88. The van der Waals surface area contributed by atoms with Crippen molar-refractivity contribution < 1.29 is 8.42 Å². The summed E-state index contributed by atoms with van der Waals surface area (Å²) in [6.45, 7) is 3.41. The van der Waals surface area contributed by atoms with Crippen LogP contribution >= 0.6 is 11.6 Å². The van der Waals surface area contributed by atoms with E-state index in [-0.39, 0.29) is 12.1 Å². The molecule has 1 unspecified atom stereocenters. The molecule has 6 nitrogen and oxygen atoms in total. The minimum atomic E-state index is -3.19. The van der Waals surface area contributed by atoms with Crippen LogP contribution in [0, 0.1) is 0 Å². The minimum Gasteiger partial charge on any atom is -0.369 e. The standard InChI is InChI=1S/C17H23ClN4O2S/c1-11(19)14-10-15(18)13-4-3-7-20-16(13)17(14)22-8-5-12(6-9-22)21-25(2,23)24/h3-4,7,10-12,21H,5-6,8-9,19H2,1-2H3. The summed E-state index contributed by atoms with van der Waals surface area (Å²) in [5, 5.41) is 1.55. The Balaban J connectivity index is 1.96. The highest BCUT2D eigenvalue weighted by Gasteiger charge is 2.26. The number of fused-ring (bicyclic) bond motifs is 1. The number of nitrogens with one attached hydrogen (secondary N) is 1. The number of sulfonamides is 1. The first-order chi connectivity index (χ1) is 11.8. The average Bonchev–Trinajstić information content (AvgIpc) is 2.54. The Morgan fingerprint density at radius 1 is 1.40 bits per heavy atom. The van der Waals surface area contributed by atoms with E-state index < -0.39 is 10.0 Å². The van der Waals surface area contributed by atoms with Gasteiger partial charge in [0, 0.05) is 36.8 Å². The topological polar surface area (TPSA) is 88.3 Å². The van der Waals surface area contributed by atoms with Crippen LogP contribution in [0.5, 0.6) is 0 Å². The zero-order chi connectivity index (χ0) is 18.2. The van der Waals surface area contributed by atoms with Crippen LogP contribution in [0.4, 0.5) is 5.69 Å². The summed E-state index contributed by atoms with van der Waals surface area (Å²) in [7, 11) is -3.19. The molecule has 0 aliphatic carbocycles. The van der Waals surface area contributed by atoms with Gasteiger partial charge in [-0.25, -0.2) is 13.1 Å². The van der Waals surface area contributed by atoms with Gasteiger partial charge in [-0.15, -0.1) is 0 Å². The predicted octanol–water partition coefficient (Wildman–Crippen LogP) is 2.43. The summed E-state index contributed by atoms with van der Waals surface area (Å²) in [5.74, 6) is 0. The van der Waals surface area contributed by atoms with Gasteiger partial charge in [-0.3, -0.25) is 4.98 Å². The molecule has 8 heteroatoms. The predicted molar refractivity (Wildman–Crippen MR) is 103 cm³/mol. The summed E-state index contributed by atoms with van der Waals surface area (Å²) >= 11 is 6.42. The molecule has 1 aromatic carbocycles. The van der Waals surface area contributed by atoms with Crippen LogP contribution in [0.15, 0.2) is 24.4 Å². The molecule has 0 saturated carbocycles. The molecule has 3 N–H and O–H groups in total. The summed E-state index contributed by atoms with van der Waals surface area (Å²) < 4.78 is 25.6. The van der Waals surface area contributed by atoms with Crippen LogP contribution in [-0.2, 0) is 10.0 Å². The molecule has 1 aromatic heterocycles. The Bertz CT molecular complexity index is 878. The van der Waals surface area contributed by atoms with E-state index in [0.29, 0.717) is 5.02 Å². The maximum Gasteiger partial charge on any atom is 0.208 e. The molecular weight excluding hydrogens is 360 g/mol. The zero-order valence-corrected chi connectivity index (χ0v) is 15.9. The highest BCUT2D eigenvalue weighted by atomic mass is 35.5. The molecule has 3 rings (SSSR count). The Kier molecular flexibility index (Phi) is 5.20. The van der Waals surface area contributed by atoms with Gasteiger partial charge in [0.05, 0.1) is 22.5 Å². The van der Waals surface area contributed by atoms with Crippen molar-refractivity contribution in [2.45, 2.75) is 31.8 Å². The molecule has 25 heavy (non-hydrogen) atoms. The number of pyridine rings is 1. The third kappa shape index (κ3) is 4.06. The van der Waals surface area contributed by atoms with Crippen LogP contribution in [0.2, 0.25) is 5.02 Å². The van der Waals surface area contributed by atoms with Crippen LogP contribution in [0.3, 0.4) is 0 Å². The first kappa shape index (κ1) is 18.4. The minimum absolute atomic E-state index is 0.0310. The molecular formula is C17H23ClN4O2S. The first-order valence-corrected chi connectivity index (χ1v) is 10.6. The molecule has 1 aliphatic rings. The second-order valence-electron chi connectivity index (χ2n) is 6.64. The van der Waals surface area contributed by atoms with Crippen molar-refractivity contribution in [1.29, 1.82) is 0 Å². The van der Waals surface area contributed by atoms with Gasteiger partial charge in [0.1, 0.15) is 0 Å². The summed E-state index contributed by atoms with van der Waals surface area (Å²) in [4.78, 5) is 6.79. The Morgan fingerprint density at radius 3 is 2.68 bits per heavy atom. The van der Waals surface area contributed by atoms with Gasteiger partial charge in [-0.1, -0.05) is 11.6 Å². The summed E-state index contributed by atoms with van der Waals surface area (Å²) in [5.41, 5.74) is 9.00. The van der Waals surface area contributed by atoms with Crippen molar-refractivity contribution in [3.8, 4) is 0 Å². The number of nitrogens with zero attached hydrogens (tertiary/aromatic N) is 2. The van der Waals surface area contributed by atoms with Crippen molar-refractivity contribution in [2.24, 2.45) is 5.73 Å². The lowest BCUT2D eigenvalue weighted by Crippen LogP contribution is -2.44. The molecule has 0 amide bonds. The maximum absolute atomic E-state index is 11.4. The van der Waals surface area contributed by atoms with Gasteiger partial charge in [0.2, 0.25) is 10.0 Å². The molecule has 0 bridgehead atoms. The summed E-state index contributed by atoms with van der Waals surface area (Å²) in [6.07, 6.45) is 4.43. The van der Waals surface area contributed by atoms with Crippen molar-refractivity contribution in [1.82, 2.24) is 9.71 Å². The Hall–Kier alpha value is -1.41. The number of piperidine rings is 1. The van der Waals surface area contributed by atoms with Gasteiger partial charge in [-0.2, -0.15) is 0 Å². The number of hydrogen-bond acceptors (Lipinski definition) is 5. The van der Waals surface area contributed by atoms with E-state index in [0.717, 1.165) is 48.1 Å². The smallest absolute Gasteiger partial charge is 0.208 e. The number of benzene rings is 1. The van der Waals surface area contributed by atoms with Crippen molar-refractivity contribution in [2.75, 3.05) is 24.2 Å². The van der Waals surface area contributed by atoms with Crippen LogP contribution in [0.1, 0.15) is 31.4 Å². The maximum atomic E-state index is 11.4. The van der Waals surface area contributed by atoms with E-state index in [2.05, 4.69) is 14.6 Å². The number of hydrogen-bond donors (Lipinski definition) is 2. The van der Waals surface area contributed by atoms with E-state index in [1.165, 1.54) is 6.26 Å². The highest BCUT2D eigenvalue weighted by Crippen LogP contribution is 2.38. The molecule has 1 aliphatic heterocycles. The normalized spacial score (nSPS) is 17.8. The van der Waals surface area contributed by atoms with Crippen LogP contribution in [0.25, 0.3) is 10.9 Å². The SMILES string of the molecule is CC(N)c1cc(Cl)c2cccnc2c1N1CCC(NS(C)(=O)=O)CC1. The average molecular weight is 383 g/mol. The van der Waals surface area contributed by atoms with Crippen molar-refractivity contribution >= 4 is 38.2 Å². The second-order valence-corrected chi connectivity index (χ2v) is 8.82. The van der Waals surface area contributed by atoms with E-state index in [1.54, 1.807) is 6.20 Å². The number of halogens is 1. The van der Waals surface area contributed by atoms with E-state index >= 15 is 0 Å². The van der Waals surface area contributed by atoms with Gasteiger partial charge in [0.25, 0.3) is 0 Å². The monoisotopic (exact) mass is 382 g/mol. The fraction of sp³-hybridized carbons (Fsp3) is 0.471. The molecule has 2 heterocycles. The van der Waals surface area contributed by atoms with Gasteiger partial charge < -0.3 is 10.6 Å². The van der Waals surface area contributed by atoms with Gasteiger partial charge in [0.15, 0.2) is 0 Å². The Labute approximate surface area is 153 Å². The van der Waals surface area contributed by atoms with Gasteiger partial charge in [-0.05, 0) is 43.5 Å². The lowest BCUT2D eigenvalue weighted by molar-refractivity contribution is 0.461. The molecule has 1 fully saturated rings. The lowest BCUT2D eigenvalue weighted by Gasteiger charge is -2.35. The largest absolute Gasteiger partial charge is 0.369 e. The molecule has 0 spiro atoms. The van der Waals surface area contributed by atoms with Crippen molar-refractivity contribution in [3.63, 3.8) is 0 Å². The summed E-state index contributed by atoms with van der Waals surface area (Å²) in [6, 6.07) is 5.54. The van der Waals surface area contributed by atoms with Crippen LogP contribution in [-0.4, -0.2) is 38.8 Å². The second kappa shape index (κ2) is 7.07. The Morgan fingerprint density at radius 2 is 2.08 bits per heavy atom. The van der Waals surface area contributed by atoms with Crippen molar-refractivity contribution in [3.05, 3.63) is 35.0 Å². The zero-order valence-electron chi connectivity index (χ0n) is 14.4. The lowest BCUT2D eigenvalue weighted by atomic mass is 9.99. The molecule has 2 aromatic rings. The molecule has 136 valence electrons. The van der Waals surface area contributed by atoms with E-state index in [1.807, 2.05) is 25.1 Å². The van der Waals surface area contributed by atoms with E-state index in [4.69, 9.17) is 17.3 Å².